The molecule has 0 aromatic heterocycles. The molecule has 0 saturated heterocycles. The summed E-state index contributed by atoms with van der Waals surface area (Å²) in [5, 5.41) is 13.7. The molecular weight excluding hydrogens is 244 g/mol. The van der Waals surface area contributed by atoms with Crippen molar-refractivity contribution in [1.82, 2.24) is 5.32 Å². The van der Waals surface area contributed by atoms with Gasteiger partial charge in [-0.2, -0.15) is 0 Å². The Morgan fingerprint density at radius 3 is 2.79 bits per heavy atom. The van der Waals surface area contributed by atoms with E-state index in [0.29, 0.717) is 11.5 Å². The average Bonchev–Trinajstić information content (AvgIpc) is 2.41. The summed E-state index contributed by atoms with van der Waals surface area (Å²) in [5.41, 5.74) is 0.302. The van der Waals surface area contributed by atoms with Crippen LogP contribution in [-0.2, 0) is 0 Å². The molecule has 1 aliphatic carbocycles. The lowest BCUT2D eigenvalue weighted by Crippen LogP contribution is -2.41. The number of benzene rings is 1. The highest BCUT2D eigenvalue weighted by Gasteiger charge is 2.23. The van der Waals surface area contributed by atoms with Crippen LogP contribution in [0.5, 0.6) is 0 Å². The fourth-order valence-corrected chi connectivity index (χ4v) is 2.54. The second-order valence-corrected chi connectivity index (χ2v) is 5.15. The Kier molecular flexibility index (Phi) is 4.14. The molecule has 0 bridgehead atoms. The Morgan fingerprint density at radius 1 is 1.37 bits per heavy atom. The van der Waals surface area contributed by atoms with Gasteiger partial charge in [-0.05, 0) is 24.8 Å². The molecule has 1 fully saturated rings. The van der Waals surface area contributed by atoms with E-state index < -0.39 is 4.92 Å². The average molecular weight is 262 g/mol. The summed E-state index contributed by atoms with van der Waals surface area (Å²) in [6, 6.07) is 6.04. The van der Waals surface area contributed by atoms with E-state index in [4.69, 9.17) is 0 Å². The Morgan fingerprint density at radius 2 is 2.11 bits per heavy atom. The minimum atomic E-state index is -0.486. The maximum Gasteiger partial charge on any atom is 0.270 e. The molecule has 1 amide bonds. The van der Waals surface area contributed by atoms with Crippen molar-refractivity contribution in [1.29, 1.82) is 0 Å². The normalized spacial score (nSPS) is 22.8. The van der Waals surface area contributed by atoms with Crippen molar-refractivity contribution in [3.05, 3.63) is 39.9 Å². The maximum atomic E-state index is 12.1. The van der Waals surface area contributed by atoms with Gasteiger partial charge in [0.25, 0.3) is 11.6 Å². The number of nitro groups is 1. The maximum absolute atomic E-state index is 12.1. The van der Waals surface area contributed by atoms with Crippen molar-refractivity contribution in [3.8, 4) is 0 Å². The number of rotatable bonds is 3. The van der Waals surface area contributed by atoms with Crippen molar-refractivity contribution in [3.63, 3.8) is 0 Å². The van der Waals surface area contributed by atoms with Gasteiger partial charge in [0.1, 0.15) is 0 Å². The molecule has 5 nitrogen and oxygen atoms in total. The lowest BCUT2D eigenvalue weighted by molar-refractivity contribution is -0.384. The first-order chi connectivity index (χ1) is 9.08. The van der Waals surface area contributed by atoms with Gasteiger partial charge in [0.05, 0.1) is 4.92 Å². The number of nitrogens with zero attached hydrogens (tertiary/aromatic N) is 1. The molecular formula is C14H18N2O3. The SMILES string of the molecule is C[C@H]1CCCC[C@H]1NC(=O)c1cccc([N+](=O)[O-])c1. The fraction of sp³-hybridized carbons (Fsp3) is 0.500. The largest absolute Gasteiger partial charge is 0.349 e. The van der Waals surface area contributed by atoms with Crippen molar-refractivity contribution < 1.29 is 9.72 Å². The van der Waals surface area contributed by atoms with Crippen LogP contribution >= 0.6 is 0 Å². The summed E-state index contributed by atoms with van der Waals surface area (Å²) in [7, 11) is 0. The lowest BCUT2D eigenvalue weighted by atomic mass is 9.86. The first kappa shape index (κ1) is 13.5. The predicted octanol–water partition coefficient (Wildman–Crippen LogP) is 2.90. The third-order valence-corrected chi connectivity index (χ3v) is 3.75. The van der Waals surface area contributed by atoms with E-state index in [9.17, 15) is 14.9 Å². The monoisotopic (exact) mass is 262 g/mol. The first-order valence-electron chi connectivity index (χ1n) is 6.63. The molecule has 2 atom stereocenters. The Bertz CT molecular complexity index is 487. The number of amides is 1. The van der Waals surface area contributed by atoms with Crippen LogP contribution in [0.25, 0.3) is 0 Å². The van der Waals surface area contributed by atoms with Crippen LogP contribution in [0, 0.1) is 16.0 Å². The van der Waals surface area contributed by atoms with Crippen LogP contribution in [0.3, 0.4) is 0 Å². The van der Waals surface area contributed by atoms with E-state index in [1.54, 1.807) is 6.07 Å². The van der Waals surface area contributed by atoms with E-state index >= 15 is 0 Å². The van der Waals surface area contributed by atoms with Gasteiger partial charge in [-0.25, -0.2) is 0 Å². The molecule has 1 saturated carbocycles. The van der Waals surface area contributed by atoms with E-state index in [1.807, 2.05) is 0 Å². The van der Waals surface area contributed by atoms with Crippen molar-refractivity contribution in [2.24, 2.45) is 5.92 Å². The lowest BCUT2D eigenvalue weighted by Gasteiger charge is -2.29. The van der Waals surface area contributed by atoms with Crippen molar-refractivity contribution in [2.75, 3.05) is 0 Å². The molecule has 102 valence electrons. The van der Waals surface area contributed by atoms with Crippen LogP contribution in [-0.4, -0.2) is 16.9 Å². The number of nitrogens with one attached hydrogen (secondary N) is 1. The quantitative estimate of drug-likeness (QED) is 0.672. The van der Waals surface area contributed by atoms with Crippen molar-refractivity contribution >= 4 is 11.6 Å². The third-order valence-electron chi connectivity index (χ3n) is 3.75. The minimum Gasteiger partial charge on any atom is -0.349 e. The zero-order chi connectivity index (χ0) is 13.8. The summed E-state index contributed by atoms with van der Waals surface area (Å²) in [4.78, 5) is 22.3. The van der Waals surface area contributed by atoms with Gasteiger partial charge in [-0.1, -0.05) is 25.8 Å². The second-order valence-electron chi connectivity index (χ2n) is 5.15. The highest BCUT2D eigenvalue weighted by atomic mass is 16.6. The van der Waals surface area contributed by atoms with Crippen LogP contribution < -0.4 is 5.32 Å². The van der Waals surface area contributed by atoms with Gasteiger partial charge in [0, 0.05) is 23.7 Å². The van der Waals surface area contributed by atoms with Crippen LogP contribution in [0.1, 0.15) is 43.0 Å². The van der Waals surface area contributed by atoms with Crippen LogP contribution in [0.2, 0.25) is 0 Å². The molecule has 0 radical (unpaired) electrons. The summed E-state index contributed by atoms with van der Waals surface area (Å²) < 4.78 is 0. The first-order valence-corrected chi connectivity index (χ1v) is 6.63. The Labute approximate surface area is 112 Å². The standard InChI is InChI=1S/C14H18N2O3/c1-10-5-2-3-8-13(10)15-14(17)11-6-4-7-12(9-11)16(18)19/h4,6-7,9-10,13H,2-3,5,8H2,1H3,(H,15,17)/t10-,13+/m0/s1. The zero-order valence-electron chi connectivity index (χ0n) is 11.0. The zero-order valence-corrected chi connectivity index (χ0v) is 11.0. The minimum absolute atomic E-state index is 0.0515. The summed E-state index contributed by atoms with van der Waals surface area (Å²) in [6.45, 7) is 2.14. The molecule has 1 N–H and O–H groups in total. The predicted molar refractivity (Wildman–Crippen MR) is 72.0 cm³/mol. The smallest absolute Gasteiger partial charge is 0.270 e. The fourth-order valence-electron chi connectivity index (χ4n) is 2.54. The highest BCUT2D eigenvalue weighted by molar-refractivity contribution is 5.95. The molecule has 0 unspecified atom stereocenters. The number of carbonyl (C=O) groups is 1. The molecule has 0 aliphatic heterocycles. The molecule has 1 aliphatic rings. The molecule has 19 heavy (non-hydrogen) atoms. The number of hydrogen-bond donors (Lipinski definition) is 1. The van der Waals surface area contributed by atoms with Gasteiger partial charge in [-0.15, -0.1) is 0 Å². The van der Waals surface area contributed by atoms with Gasteiger partial charge >= 0.3 is 0 Å². The van der Waals surface area contributed by atoms with Crippen LogP contribution in [0.4, 0.5) is 5.69 Å². The molecule has 1 aromatic carbocycles. The summed E-state index contributed by atoms with van der Waals surface area (Å²) in [5.74, 6) is 0.249. The molecule has 5 heteroatoms. The number of nitro benzene ring substituents is 1. The molecule has 1 aromatic rings. The Hall–Kier alpha value is -1.91. The molecule has 0 spiro atoms. The summed E-state index contributed by atoms with van der Waals surface area (Å²) >= 11 is 0. The number of non-ortho nitro benzene ring substituents is 1. The highest BCUT2D eigenvalue weighted by Crippen LogP contribution is 2.24. The second kappa shape index (κ2) is 5.82. The van der Waals surface area contributed by atoms with E-state index in [2.05, 4.69) is 12.2 Å². The summed E-state index contributed by atoms with van der Waals surface area (Å²) in [6.07, 6.45) is 4.45. The van der Waals surface area contributed by atoms with E-state index in [0.717, 1.165) is 19.3 Å². The van der Waals surface area contributed by atoms with E-state index in [-0.39, 0.29) is 17.6 Å². The van der Waals surface area contributed by atoms with Crippen LogP contribution in [0.15, 0.2) is 24.3 Å². The number of hydrogen-bond acceptors (Lipinski definition) is 3. The van der Waals surface area contributed by atoms with E-state index in [1.165, 1.54) is 24.6 Å². The topological polar surface area (TPSA) is 72.2 Å². The van der Waals surface area contributed by atoms with Gasteiger partial charge in [-0.3, -0.25) is 14.9 Å². The Balaban J connectivity index is 2.07. The van der Waals surface area contributed by atoms with Gasteiger partial charge in [0.15, 0.2) is 0 Å². The third kappa shape index (κ3) is 3.30. The number of carbonyl (C=O) groups excluding carboxylic acids is 1. The molecule has 2 rings (SSSR count). The van der Waals surface area contributed by atoms with Gasteiger partial charge < -0.3 is 5.32 Å². The molecule has 0 heterocycles. The van der Waals surface area contributed by atoms with Crippen molar-refractivity contribution in [2.45, 2.75) is 38.6 Å². The van der Waals surface area contributed by atoms with Gasteiger partial charge in [0.2, 0.25) is 0 Å².